The molecule has 0 radical (unpaired) electrons. The highest BCUT2D eigenvalue weighted by atomic mass is 19.4. The predicted octanol–water partition coefficient (Wildman–Crippen LogP) is 7.36. The van der Waals surface area contributed by atoms with Crippen LogP contribution < -0.4 is 9.64 Å². The summed E-state index contributed by atoms with van der Waals surface area (Å²) < 4.78 is 52.1. The van der Waals surface area contributed by atoms with Crippen LogP contribution >= 0.6 is 0 Å². The fraction of sp³-hybridized carbons (Fsp3) is 0.406. The van der Waals surface area contributed by atoms with Crippen molar-refractivity contribution in [3.8, 4) is 16.9 Å². The van der Waals surface area contributed by atoms with E-state index in [9.17, 15) is 23.1 Å². The van der Waals surface area contributed by atoms with Crippen molar-refractivity contribution in [2.75, 3.05) is 4.90 Å². The number of carboxylic acids is 1. The minimum absolute atomic E-state index is 0.0348. The molecule has 2 aliphatic heterocycles. The van der Waals surface area contributed by atoms with Gasteiger partial charge in [0.25, 0.3) is 0 Å². The maximum absolute atomic E-state index is 13.2. The largest absolute Gasteiger partial charge is 0.573 e. The monoisotopic (exact) mass is 579 g/mol. The average Bonchev–Trinajstić information content (AvgIpc) is 3.54. The summed E-state index contributed by atoms with van der Waals surface area (Å²) in [5, 5.41) is 10.4. The fourth-order valence-corrected chi connectivity index (χ4v) is 7.07. The third kappa shape index (κ3) is 4.91. The molecule has 2 unspecified atom stereocenters. The standard InChI is InChI=1S/C32H32F3N3O4/c1-37-27-15-22(9-8-19(27)12-28(37)31(39)40)38-20-10-11-21(38)14-23(13-20)41-17-26-25(16-36-30(26)18-6-7-18)24-4-2-3-5-29(24)42-32(33,34)35/h2-5,8-9,12,15-16,18,20-21,23,36H,6-7,10-11,13-14,17H2,1H3,(H,39,40). The van der Waals surface area contributed by atoms with Gasteiger partial charge in [-0.25, -0.2) is 4.79 Å². The van der Waals surface area contributed by atoms with E-state index in [1.54, 1.807) is 42.1 Å². The van der Waals surface area contributed by atoms with Crippen LogP contribution in [0.2, 0.25) is 0 Å². The first-order valence-electron chi connectivity index (χ1n) is 14.4. The van der Waals surface area contributed by atoms with E-state index >= 15 is 0 Å². The quantitative estimate of drug-likeness (QED) is 0.228. The van der Waals surface area contributed by atoms with Gasteiger partial charge in [-0.2, -0.15) is 0 Å². The van der Waals surface area contributed by atoms with Gasteiger partial charge in [-0.1, -0.05) is 24.3 Å². The van der Waals surface area contributed by atoms with E-state index < -0.39 is 12.3 Å². The molecule has 10 heteroatoms. The number of halogens is 3. The van der Waals surface area contributed by atoms with Crippen molar-refractivity contribution in [3.05, 3.63) is 71.7 Å². The summed E-state index contributed by atoms with van der Waals surface area (Å²) >= 11 is 0. The highest BCUT2D eigenvalue weighted by Crippen LogP contribution is 2.46. The Morgan fingerprint density at radius 1 is 1.02 bits per heavy atom. The predicted molar refractivity (Wildman–Crippen MR) is 152 cm³/mol. The van der Waals surface area contributed by atoms with Crippen LogP contribution in [0.15, 0.2) is 54.7 Å². The first-order chi connectivity index (χ1) is 20.2. The number of hydrogen-bond donors (Lipinski definition) is 2. The van der Waals surface area contributed by atoms with Crippen molar-refractivity contribution < 1.29 is 32.5 Å². The third-order valence-corrected chi connectivity index (χ3v) is 9.11. The number of aromatic carboxylic acids is 1. The van der Waals surface area contributed by atoms with Crippen molar-refractivity contribution in [3.63, 3.8) is 0 Å². The van der Waals surface area contributed by atoms with E-state index in [1.165, 1.54) is 6.07 Å². The van der Waals surface area contributed by atoms with Crippen LogP contribution in [-0.4, -0.2) is 45.2 Å². The Balaban J connectivity index is 1.10. The molecule has 2 aromatic carbocycles. The van der Waals surface area contributed by atoms with Gasteiger partial charge in [0.15, 0.2) is 0 Å². The second-order valence-corrected chi connectivity index (χ2v) is 11.7. The van der Waals surface area contributed by atoms with E-state index in [-0.39, 0.29) is 17.5 Å². The van der Waals surface area contributed by atoms with Crippen LogP contribution in [0.25, 0.3) is 22.0 Å². The molecule has 4 heterocycles. The Kier molecular flexibility index (Phi) is 6.49. The number of aromatic nitrogens is 2. The Hall–Kier alpha value is -3.92. The molecule has 2 atom stereocenters. The van der Waals surface area contributed by atoms with Crippen LogP contribution in [0, 0.1) is 0 Å². The lowest BCUT2D eigenvalue weighted by Crippen LogP contribution is -2.45. The zero-order chi connectivity index (χ0) is 29.2. The number of H-pyrrole nitrogens is 1. The first kappa shape index (κ1) is 26.9. The number of piperidine rings is 1. The van der Waals surface area contributed by atoms with Crippen molar-refractivity contribution in [2.45, 2.75) is 75.6 Å². The number of aromatic amines is 1. The van der Waals surface area contributed by atoms with Crippen molar-refractivity contribution in [2.24, 2.45) is 7.05 Å². The average molecular weight is 580 g/mol. The Bertz CT molecular complexity index is 1640. The topological polar surface area (TPSA) is 79.7 Å². The number of ether oxygens (including phenoxy) is 2. The molecule has 1 saturated carbocycles. The number of carbonyl (C=O) groups is 1. The lowest BCUT2D eigenvalue weighted by atomic mass is 9.97. The zero-order valence-corrected chi connectivity index (χ0v) is 23.2. The highest BCUT2D eigenvalue weighted by molar-refractivity contribution is 5.95. The summed E-state index contributed by atoms with van der Waals surface area (Å²) in [6.07, 6.45) is 2.97. The molecule has 2 saturated heterocycles. The summed E-state index contributed by atoms with van der Waals surface area (Å²) in [5.74, 6) is -0.787. The molecule has 0 amide bonds. The molecule has 3 aliphatic rings. The number of fused-ring (bicyclic) bond motifs is 3. The van der Waals surface area contributed by atoms with Crippen LogP contribution in [0.5, 0.6) is 5.75 Å². The second-order valence-electron chi connectivity index (χ2n) is 11.7. The van der Waals surface area contributed by atoms with E-state index in [1.807, 2.05) is 6.07 Å². The fourth-order valence-electron chi connectivity index (χ4n) is 7.07. The van der Waals surface area contributed by atoms with Crippen LogP contribution in [0.4, 0.5) is 18.9 Å². The summed E-state index contributed by atoms with van der Waals surface area (Å²) in [5.41, 5.74) is 5.29. The molecule has 3 fully saturated rings. The van der Waals surface area contributed by atoms with Gasteiger partial charge in [-0.3, -0.25) is 0 Å². The summed E-state index contributed by atoms with van der Waals surface area (Å²) in [4.78, 5) is 17.4. The lowest BCUT2D eigenvalue weighted by Gasteiger charge is -2.40. The highest BCUT2D eigenvalue weighted by Gasteiger charge is 2.42. The second kappa shape index (κ2) is 10.1. The van der Waals surface area contributed by atoms with Crippen LogP contribution in [0.3, 0.4) is 0 Å². The van der Waals surface area contributed by atoms with Gasteiger partial charge in [0.1, 0.15) is 11.4 Å². The first-order valence-corrected chi connectivity index (χ1v) is 14.4. The van der Waals surface area contributed by atoms with E-state index in [4.69, 9.17) is 4.74 Å². The van der Waals surface area contributed by atoms with Gasteiger partial charge in [-0.05, 0) is 68.7 Å². The van der Waals surface area contributed by atoms with E-state index in [0.717, 1.165) is 66.4 Å². The number of nitrogens with one attached hydrogen (secondary N) is 1. The van der Waals surface area contributed by atoms with Gasteiger partial charge in [0.05, 0.1) is 18.2 Å². The Morgan fingerprint density at radius 2 is 1.76 bits per heavy atom. The maximum Gasteiger partial charge on any atom is 0.573 e. The van der Waals surface area contributed by atoms with Gasteiger partial charge in [-0.15, -0.1) is 13.2 Å². The number of anilines is 1. The number of nitrogens with zero attached hydrogens (tertiary/aromatic N) is 2. The van der Waals surface area contributed by atoms with Crippen molar-refractivity contribution in [1.82, 2.24) is 9.55 Å². The number of carboxylic acid groups (broad SMARTS) is 1. The Morgan fingerprint density at radius 3 is 2.45 bits per heavy atom. The minimum atomic E-state index is -4.78. The van der Waals surface area contributed by atoms with Crippen LogP contribution in [0.1, 0.15) is 66.2 Å². The normalized spacial score (nSPS) is 22.2. The third-order valence-electron chi connectivity index (χ3n) is 9.11. The molecule has 4 aromatic rings. The molecular formula is C32H32F3N3O4. The van der Waals surface area contributed by atoms with Gasteiger partial charge in [0.2, 0.25) is 0 Å². The molecule has 2 aromatic heterocycles. The number of aryl methyl sites for hydroxylation is 1. The molecule has 220 valence electrons. The molecule has 1 aliphatic carbocycles. The molecule has 0 spiro atoms. The number of benzene rings is 2. The molecule has 7 rings (SSSR count). The minimum Gasteiger partial charge on any atom is -0.477 e. The summed E-state index contributed by atoms with van der Waals surface area (Å²) in [6, 6.07) is 14.7. The smallest absolute Gasteiger partial charge is 0.477 e. The van der Waals surface area contributed by atoms with Crippen molar-refractivity contribution in [1.29, 1.82) is 0 Å². The molecular weight excluding hydrogens is 547 g/mol. The van der Waals surface area contributed by atoms with Gasteiger partial charge < -0.3 is 29.0 Å². The van der Waals surface area contributed by atoms with Gasteiger partial charge in [0, 0.05) is 58.8 Å². The van der Waals surface area contributed by atoms with Crippen LogP contribution in [-0.2, 0) is 18.4 Å². The molecule has 2 bridgehead atoms. The molecule has 42 heavy (non-hydrogen) atoms. The number of rotatable bonds is 8. The summed E-state index contributed by atoms with van der Waals surface area (Å²) in [6.45, 7) is 0.322. The van der Waals surface area contributed by atoms with Gasteiger partial charge >= 0.3 is 12.3 Å². The SMILES string of the molecule is Cn1c(C(=O)O)cc2ccc(N3C4CCC3CC(OCc3c(-c5ccccc5OC(F)(F)F)c[nH]c3C3CC3)C4)cc21. The zero-order valence-electron chi connectivity index (χ0n) is 23.2. The summed E-state index contributed by atoms with van der Waals surface area (Å²) in [7, 11) is 1.78. The Labute approximate surface area is 240 Å². The van der Waals surface area contributed by atoms with E-state index in [0.29, 0.717) is 35.7 Å². The number of para-hydroxylation sites is 1. The van der Waals surface area contributed by atoms with E-state index in [2.05, 4.69) is 26.8 Å². The van der Waals surface area contributed by atoms with Crippen molar-refractivity contribution >= 4 is 22.6 Å². The molecule has 7 nitrogen and oxygen atoms in total. The molecule has 2 N–H and O–H groups in total. The maximum atomic E-state index is 13.2. The number of alkyl halides is 3. The lowest BCUT2D eigenvalue weighted by molar-refractivity contribution is -0.274. The number of hydrogen-bond acceptors (Lipinski definition) is 4.